The van der Waals surface area contributed by atoms with Crippen LogP contribution < -0.4 is 0 Å². The van der Waals surface area contributed by atoms with Crippen LogP contribution in [0.3, 0.4) is 0 Å². The lowest BCUT2D eigenvalue weighted by atomic mass is 10.4. The van der Waals surface area contributed by atoms with E-state index in [-0.39, 0.29) is 11.0 Å². The van der Waals surface area contributed by atoms with Crippen LogP contribution in [0.15, 0.2) is 43.4 Å². The molecule has 1 aromatic carbocycles. The number of aliphatic carboxylic acids is 1. The normalized spacial score (nSPS) is 10.6. The van der Waals surface area contributed by atoms with Gasteiger partial charge in [-0.15, -0.1) is 11.8 Å². The molecule has 0 aliphatic heterocycles. The van der Waals surface area contributed by atoms with Gasteiger partial charge in [-0.3, -0.25) is 4.79 Å². The van der Waals surface area contributed by atoms with Crippen LogP contribution in [0.1, 0.15) is 5.82 Å². The highest BCUT2D eigenvalue weighted by atomic mass is 79.9. The molecule has 1 aromatic heterocycles. The van der Waals surface area contributed by atoms with Crippen LogP contribution in [0.2, 0.25) is 0 Å². The first kappa shape index (κ1) is 14.4. The number of carboxylic acid groups (broad SMARTS) is 1. The molecule has 0 amide bonds. The van der Waals surface area contributed by atoms with Crippen LogP contribution >= 0.6 is 39.5 Å². The topological polar surface area (TPSA) is 76.2 Å². The van der Waals surface area contributed by atoms with Crippen LogP contribution in [0, 0.1) is 0 Å². The molecule has 2 rings (SSSR count). The van der Waals surface area contributed by atoms with E-state index < -0.39 is 5.97 Å². The standard InChI is InChI=1S/C11H9BrN2O3S2/c12-7-3-1-2-4-8(7)18-5-9-13-11(17-14-9)19-6-10(15)16/h1-4H,5-6H2,(H,15,16). The number of hydrogen-bond donors (Lipinski definition) is 1. The molecule has 0 atom stereocenters. The van der Waals surface area contributed by atoms with Gasteiger partial charge in [0.15, 0.2) is 5.82 Å². The fraction of sp³-hybridized carbons (Fsp3) is 0.182. The third-order valence-electron chi connectivity index (χ3n) is 1.96. The molecule has 0 bridgehead atoms. The van der Waals surface area contributed by atoms with Gasteiger partial charge in [-0.05, 0) is 28.1 Å². The summed E-state index contributed by atoms with van der Waals surface area (Å²) in [6.45, 7) is 0. The predicted octanol–water partition coefficient (Wildman–Crippen LogP) is 3.30. The van der Waals surface area contributed by atoms with Gasteiger partial charge in [-0.1, -0.05) is 29.1 Å². The number of benzene rings is 1. The molecule has 0 fully saturated rings. The lowest BCUT2D eigenvalue weighted by Crippen LogP contribution is -1.97. The summed E-state index contributed by atoms with van der Waals surface area (Å²) in [6.07, 6.45) is 0. The fourth-order valence-electron chi connectivity index (χ4n) is 1.18. The summed E-state index contributed by atoms with van der Waals surface area (Å²) in [5.74, 6) is 0.125. The number of rotatable bonds is 6. The minimum Gasteiger partial charge on any atom is -0.481 e. The molecule has 0 aliphatic rings. The van der Waals surface area contributed by atoms with Crippen LogP contribution in [0.25, 0.3) is 0 Å². The minimum absolute atomic E-state index is 0.0843. The largest absolute Gasteiger partial charge is 0.481 e. The van der Waals surface area contributed by atoms with Gasteiger partial charge in [0.1, 0.15) is 5.75 Å². The van der Waals surface area contributed by atoms with Crippen molar-refractivity contribution in [2.75, 3.05) is 5.75 Å². The van der Waals surface area contributed by atoms with Gasteiger partial charge in [-0.25, -0.2) is 0 Å². The third-order valence-corrected chi connectivity index (χ3v) is 4.79. The van der Waals surface area contributed by atoms with Crippen LogP contribution in [-0.2, 0) is 10.5 Å². The second kappa shape index (κ2) is 6.97. The predicted molar refractivity (Wildman–Crippen MR) is 76.4 cm³/mol. The zero-order chi connectivity index (χ0) is 13.7. The molecule has 0 aliphatic carbocycles. The summed E-state index contributed by atoms with van der Waals surface area (Å²) in [6, 6.07) is 7.86. The third kappa shape index (κ3) is 4.55. The van der Waals surface area contributed by atoms with Crippen molar-refractivity contribution in [2.45, 2.75) is 15.9 Å². The molecule has 19 heavy (non-hydrogen) atoms. The molecule has 5 nitrogen and oxygen atoms in total. The van der Waals surface area contributed by atoms with E-state index in [0.29, 0.717) is 11.6 Å². The maximum absolute atomic E-state index is 10.4. The Morgan fingerprint density at radius 1 is 1.37 bits per heavy atom. The Bertz CT molecular complexity index is 577. The maximum atomic E-state index is 10.4. The lowest BCUT2D eigenvalue weighted by Gasteiger charge is -2.00. The summed E-state index contributed by atoms with van der Waals surface area (Å²) in [5.41, 5.74) is 0. The van der Waals surface area contributed by atoms with E-state index in [1.165, 1.54) is 0 Å². The van der Waals surface area contributed by atoms with Crippen molar-refractivity contribution in [1.29, 1.82) is 0 Å². The number of carbonyl (C=O) groups is 1. The molecule has 100 valence electrons. The van der Waals surface area contributed by atoms with E-state index in [1.807, 2.05) is 24.3 Å². The minimum atomic E-state index is -0.910. The smallest absolute Gasteiger partial charge is 0.314 e. The molecule has 0 radical (unpaired) electrons. The summed E-state index contributed by atoms with van der Waals surface area (Å²) < 4.78 is 5.96. The van der Waals surface area contributed by atoms with E-state index in [2.05, 4.69) is 26.1 Å². The van der Waals surface area contributed by atoms with Crippen molar-refractivity contribution in [3.8, 4) is 0 Å². The molecule has 8 heteroatoms. The second-order valence-corrected chi connectivity index (χ2v) is 6.18. The second-order valence-electron chi connectivity index (χ2n) is 3.38. The highest BCUT2D eigenvalue weighted by Crippen LogP contribution is 2.29. The molecule has 1 heterocycles. The number of thioether (sulfide) groups is 2. The molecular weight excluding hydrogens is 352 g/mol. The van der Waals surface area contributed by atoms with Gasteiger partial charge < -0.3 is 9.63 Å². The fourth-order valence-corrected chi connectivity index (χ4v) is 3.10. The van der Waals surface area contributed by atoms with Crippen LogP contribution in [0.4, 0.5) is 0 Å². The van der Waals surface area contributed by atoms with E-state index in [9.17, 15) is 4.79 Å². The number of aromatic nitrogens is 2. The Hall–Kier alpha value is -0.990. The van der Waals surface area contributed by atoms with Gasteiger partial charge in [0.2, 0.25) is 0 Å². The van der Waals surface area contributed by atoms with Crippen LogP contribution in [0.5, 0.6) is 0 Å². The van der Waals surface area contributed by atoms with Crippen LogP contribution in [-0.4, -0.2) is 27.0 Å². The lowest BCUT2D eigenvalue weighted by molar-refractivity contribution is -0.133. The quantitative estimate of drug-likeness (QED) is 0.791. The van der Waals surface area contributed by atoms with E-state index in [1.54, 1.807) is 11.8 Å². The first-order chi connectivity index (χ1) is 9.15. The van der Waals surface area contributed by atoms with Gasteiger partial charge >= 0.3 is 5.97 Å². The summed E-state index contributed by atoms with van der Waals surface area (Å²) in [7, 11) is 0. The average Bonchev–Trinajstić information content (AvgIpc) is 2.83. The zero-order valence-electron chi connectivity index (χ0n) is 9.58. The summed E-state index contributed by atoms with van der Waals surface area (Å²) >= 11 is 6.06. The maximum Gasteiger partial charge on any atom is 0.314 e. The summed E-state index contributed by atoms with van der Waals surface area (Å²) in [5, 5.41) is 12.6. The van der Waals surface area contributed by atoms with Gasteiger partial charge in [-0.2, -0.15) is 4.98 Å². The van der Waals surface area contributed by atoms with E-state index in [4.69, 9.17) is 9.63 Å². The average molecular weight is 361 g/mol. The SMILES string of the molecule is O=C(O)CSc1nc(CSc2ccccc2Br)no1. The Balaban J connectivity index is 1.90. The molecule has 0 spiro atoms. The number of hydrogen-bond acceptors (Lipinski definition) is 6. The highest BCUT2D eigenvalue weighted by Gasteiger charge is 2.10. The number of carboxylic acids is 1. The molecule has 0 unspecified atom stereocenters. The Morgan fingerprint density at radius 3 is 2.89 bits per heavy atom. The van der Waals surface area contributed by atoms with Gasteiger partial charge in [0.05, 0.1) is 5.75 Å². The van der Waals surface area contributed by atoms with Crippen molar-refractivity contribution in [3.63, 3.8) is 0 Å². The molecular formula is C11H9BrN2O3S2. The van der Waals surface area contributed by atoms with Crippen molar-refractivity contribution in [1.82, 2.24) is 10.1 Å². The first-order valence-electron chi connectivity index (χ1n) is 5.19. The molecule has 0 saturated heterocycles. The van der Waals surface area contributed by atoms with E-state index in [0.717, 1.165) is 21.1 Å². The number of nitrogens with zero attached hydrogens (tertiary/aromatic N) is 2. The first-order valence-corrected chi connectivity index (χ1v) is 7.96. The van der Waals surface area contributed by atoms with Crippen molar-refractivity contribution in [3.05, 3.63) is 34.6 Å². The van der Waals surface area contributed by atoms with E-state index >= 15 is 0 Å². The van der Waals surface area contributed by atoms with Crippen molar-refractivity contribution in [2.24, 2.45) is 0 Å². The van der Waals surface area contributed by atoms with Crippen molar-refractivity contribution >= 4 is 45.4 Å². The van der Waals surface area contributed by atoms with Crippen molar-refractivity contribution < 1.29 is 14.4 Å². The molecule has 1 N–H and O–H groups in total. The highest BCUT2D eigenvalue weighted by molar-refractivity contribution is 9.10. The Kier molecular flexibility index (Phi) is 5.29. The monoisotopic (exact) mass is 360 g/mol. The van der Waals surface area contributed by atoms with Gasteiger partial charge in [0.25, 0.3) is 5.22 Å². The summed E-state index contributed by atoms with van der Waals surface area (Å²) in [4.78, 5) is 15.6. The number of halogens is 1. The van der Waals surface area contributed by atoms with Gasteiger partial charge in [0, 0.05) is 9.37 Å². The Morgan fingerprint density at radius 2 is 2.16 bits per heavy atom. The molecule has 2 aromatic rings. The molecule has 0 saturated carbocycles. The zero-order valence-corrected chi connectivity index (χ0v) is 12.8. The Labute approximate surface area is 126 Å².